The average molecular weight is 570 g/mol. The lowest BCUT2D eigenvalue weighted by molar-refractivity contribution is -0.123. The van der Waals surface area contributed by atoms with Crippen LogP contribution in [0.5, 0.6) is 5.75 Å². The van der Waals surface area contributed by atoms with Gasteiger partial charge in [0.05, 0.1) is 70.6 Å². The van der Waals surface area contributed by atoms with E-state index in [0.717, 1.165) is 4.90 Å². The molecule has 0 saturated carbocycles. The highest BCUT2D eigenvalue weighted by atomic mass is 16.7. The van der Waals surface area contributed by atoms with E-state index in [1.165, 1.54) is 19.2 Å². The molecule has 40 heavy (non-hydrogen) atoms. The Morgan fingerprint density at radius 2 is 1.55 bits per heavy atom. The van der Waals surface area contributed by atoms with E-state index in [1.54, 1.807) is 13.2 Å². The van der Waals surface area contributed by atoms with Gasteiger partial charge >= 0.3 is 0 Å². The van der Waals surface area contributed by atoms with Crippen molar-refractivity contribution in [1.29, 1.82) is 0 Å². The smallest absolute Gasteiger partial charge is 0.267 e. The van der Waals surface area contributed by atoms with Gasteiger partial charge in [-0.15, -0.1) is 0 Å². The number of nitrogens with one attached hydrogen (secondary N) is 2. The third kappa shape index (κ3) is 11.3. The predicted molar refractivity (Wildman–Crippen MR) is 140 cm³/mol. The number of benzene rings is 1. The molecule has 0 aliphatic carbocycles. The van der Waals surface area contributed by atoms with E-state index in [4.69, 9.17) is 33.3 Å². The molecule has 1 unspecified atom stereocenters. The second kappa shape index (κ2) is 20.0. The first kappa shape index (κ1) is 33.2. The molecule has 0 spiro atoms. The van der Waals surface area contributed by atoms with E-state index in [1.807, 2.05) is 0 Å². The van der Waals surface area contributed by atoms with Crippen molar-refractivity contribution in [3.05, 3.63) is 29.3 Å². The first-order valence-electron chi connectivity index (χ1n) is 13.0. The summed E-state index contributed by atoms with van der Waals surface area (Å²) < 4.78 is 31.9. The Hall–Kier alpha value is -2.98. The van der Waals surface area contributed by atoms with Crippen molar-refractivity contribution in [3.63, 3.8) is 0 Å². The normalized spacial score (nSPS) is 13.4. The van der Waals surface area contributed by atoms with Crippen LogP contribution in [0.25, 0.3) is 0 Å². The summed E-state index contributed by atoms with van der Waals surface area (Å²) in [5.74, 6) is -1.52. The van der Waals surface area contributed by atoms with Crippen LogP contribution in [-0.4, -0.2) is 122 Å². The van der Waals surface area contributed by atoms with Gasteiger partial charge in [-0.05, 0) is 12.1 Å². The quantitative estimate of drug-likeness (QED) is 0.0740. The number of hydrogen-bond donors (Lipinski definition) is 2. The average Bonchev–Trinajstić information content (AvgIpc) is 3.21. The standard InChI is InChI=1S/C26H39N3O11/c1-27-40-23(7-4-9-30)29-25(32)20-5-3-6-21(24(20)26(29)33)39-19-22(31)28-8-10-35-13-14-37-17-18-38-16-15-36-12-11-34-2/h3,5-6,9,23,27H,4,7-8,10-19H2,1-2H3,(H,28,31). The number of nitrogens with zero attached hydrogens (tertiary/aromatic N) is 1. The van der Waals surface area contributed by atoms with Gasteiger partial charge in [0.1, 0.15) is 12.0 Å². The number of aldehydes is 1. The lowest BCUT2D eigenvalue weighted by atomic mass is 10.1. The molecule has 1 heterocycles. The minimum atomic E-state index is -0.978. The van der Waals surface area contributed by atoms with Gasteiger partial charge in [-0.3, -0.25) is 19.2 Å². The number of hydroxylamine groups is 1. The molecule has 0 fully saturated rings. The Balaban J connectivity index is 1.62. The van der Waals surface area contributed by atoms with Gasteiger partial charge in [0.2, 0.25) is 0 Å². The van der Waals surface area contributed by atoms with Crippen molar-refractivity contribution in [2.75, 3.05) is 86.8 Å². The van der Waals surface area contributed by atoms with Gasteiger partial charge in [-0.2, -0.15) is 0 Å². The van der Waals surface area contributed by atoms with E-state index in [9.17, 15) is 19.2 Å². The SMILES string of the molecule is CNOC(CCC=O)N1C(=O)c2cccc(OCC(=O)NCCOCCOCCOCCOCCOC)c2C1=O. The number of hydrogen-bond acceptors (Lipinski definition) is 12. The lowest BCUT2D eigenvalue weighted by Gasteiger charge is -2.24. The van der Waals surface area contributed by atoms with Crippen LogP contribution in [0.2, 0.25) is 0 Å². The monoisotopic (exact) mass is 569 g/mol. The molecule has 2 rings (SSSR count). The topological polar surface area (TPSA) is 160 Å². The fourth-order valence-corrected chi connectivity index (χ4v) is 3.60. The number of carbonyl (C=O) groups is 4. The third-order valence-electron chi connectivity index (χ3n) is 5.46. The van der Waals surface area contributed by atoms with Crippen LogP contribution in [-0.2, 0) is 38.1 Å². The van der Waals surface area contributed by atoms with Crippen LogP contribution in [0.1, 0.15) is 33.6 Å². The maximum atomic E-state index is 13.1. The predicted octanol–water partition coefficient (Wildman–Crippen LogP) is -0.0534. The van der Waals surface area contributed by atoms with Gasteiger partial charge in [0, 0.05) is 33.5 Å². The summed E-state index contributed by atoms with van der Waals surface area (Å²) >= 11 is 0. The van der Waals surface area contributed by atoms with E-state index in [0.29, 0.717) is 59.1 Å². The number of fused-ring (bicyclic) bond motifs is 1. The highest BCUT2D eigenvalue weighted by Crippen LogP contribution is 2.33. The minimum absolute atomic E-state index is 0.0419. The van der Waals surface area contributed by atoms with Crippen molar-refractivity contribution in [2.24, 2.45) is 0 Å². The van der Waals surface area contributed by atoms with Gasteiger partial charge in [-0.1, -0.05) is 6.07 Å². The molecule has 3 amide bonds. The molecule has 2 N–H and O–H groups in total. The Labute approximate surface area is 233 Å². The molecule has 14 nitrogen and oxygen atoms in total. The fraction of sp³-hybridized carbons (Fsp3) is 0.615. The summed E-state index contributed by atoms with van der Waals surface area (Å²) in [5, 5.41) is 2.66. The van der Waals surface area contributed by atoms with E-state index < -0.39 is 23.9 Å². The van der Waals surface area contributed by atoms with Crippen molar-refractivity contribution >= 4 is 24.0 Å². The molecular formula is C26H39N3O11. The third-order valence-corrected chi connectivity index (χ3v) is 5.46. The molecule has 1 atom stereocenters. The summed E-state index contributed by atoms with van der Waals surface area (Å²) in [5.41, 5.74) is 2.63. The highest BCUT2D eigenvalue weighted by molar-refractivity contribution is 6.22. The number of ether oxygens (including phenoxy) is 6. The summed E-state index contributed by atoms with van der Waals surface area (Å²) in [6.45, 7) is 3.90. The Bertz CT molecular complexity index is 931. The first-order chi connectivity index (χ1) is 19.5. The van der Waals surface area contributed by atoms with Gasteiger partial charge in [0.15, 0.2) is 12.8 Å². The molecular weight excluding hydrogens is 530 g/mol. The molecule has 1 aliphatic rings. The summed E-state index contributed by atoms with van der Waals surface area (Å²) in [6.07, 6.45) is -0.0727. The van der Waals surface area contributed by atoms with Crippen LogP contribution < -0.4 is 15.5 Å². The Kier molecular flexibility index (Phi) is 16.6. The first-order valence-corrected chi connectivity index (χ1v) is 13.0. The largest absolute Gasteiger partial charge is 0.483 e. The zero-order valence-electron chi connectivity index (χ0n) is 23.0. The maximum Gasteiger partial charge on any atom is 0.267 e. The molecule has 224 valence electrons. The molecule has 0 radical (unpaired) electrons. The van der Waals surface area contributed by atoms with E-state index in [-0.39, 0.29) is 49.5 Å². The summed E-state index contributed by atoms with van der Waals surface area (Å²) in [7, 11) is 3.10. The van der Waals surface area contributed by atoms with Crippen molar-refractivity contribution in [1.82, 2.24) is 15.7 Å². The molecule has 0 aromatic heterocycles. The van der Waals surface area contributed by atoms with Crippen LogP contribution in [0.15, 0.2) is 18.2 Å². The maximum absolute atomic E-state index is 13.1. The molecule has 1 aromatic rings. The van der Waals surface area contributed by atoms with E-state index >= 15 is 0 Å². The fourth-order valence-electron chi connectivity index (χ4n) is 3.60. The van der Waals surface area contributed by atoms with Crippen LogP contribution in [0.4, 0.5) is 0 Å². The number of carbonyl (C=O) groups excluding carboxylic acids is 4. The summed E-state index contributed by atoms with van der Waals surface area (Å²) in [4.78, 5) is 55.2. The molecule has 0 bridgehead atoms. The molecule has 0 saturated heterocycles. The Morgan fingerprint density at radius 3 is 2.15 bits per heavy atom. The van der Waals surface area contributed by atoms with Crippen molar-refractivity contribution < 1.29 is 52.4 Å². The second-order valence-corrected chi connectivity index (χ2v) is 8.26. The van der Waals surface area contributed by atoms with Gasteiger partial charge in [-0.25, -0.2) is 10.4 Å². The zero-order valence-corrected chi connectivity index (χ0v) is 23.0. The number of methoxy groups -OCH3 is 1. The van der Waals surface area contributed by atoms with Crippen LogP contribution >= 0.6 is 0 Å². The molecule has 14 heteroatoms. The van der Waals surface area contributed by atoms with Crippen molar-refractivity contribution in [2.45, 2.75) is 19.1 Å². The second-order valence-electron chi connectivity index (χ2n) is 8.26. The van der Waals surface area contributed by atoms with Crippen LogP contribution in [0.3, 0.4) is 0 Å². The summed E-state index contributed by atoms with van der Waals surface area (Å²) in [6, 6.07) is 4.56. The highest BCUT2D eigenvalue weighted by Gasteiger charge is 2.42. The molecule has 1 aliphatic heterocycles. The molecule has 1 aromatic carbocycles. The van der Waals surface area contributed by atoms with Gasteiger partial charge < -0.3 is 38.5 Å². The lowest BCUT2D eigenvalue weighted by Crippen LogP contribution is -2.43. The van der Waals surface area contributed by atoms with Crippen LogP contribution in [0, 0.1) is 0 Å². The minimum Gasteiger partial charge on any atom is -0.483 e. The number of rotatable bonds is 24. The van der Waals surface area contributed by atoms with Crippen molar-refractivity contribution in [3.8, 4) is 5.75 Å². The Morgan fingerprint density at radius 1 is 0.925 bits per heavy atom. The van der Waals surface area contributed by atoms with Gasteiger partial charge in [0.25, 0.3) is 17.7 Å². The number of amides is 3. The van der Waals surface area contributed by atoms with E-state index in [2.05, 4.69) is 10.8 Å². The number of imide groups is 1. The zero-order chi connectivity index (χ0) is 29.0.